The van der Waals surface area contributed by atoms with Crippen LogP contribution in [-0.4, -0.2) is 33.0 Å². The number of anilines is 1. The van der Waals surface area contributed by atoms with E-state index in [0.29, 0.717) is 16.8 Å². The number of hydrogen-bond acceptors (Lipinski definition) is 4. The van der Waals surface area contributed by atoms with Gasteiger partial charge in [0, 0.05) is 36.0 Å². The molecular formula is C21H18ClF3N4O2S. The van der Waals surface area contributed by atoms with Crippen LogP contribution < -0.4 is 4.90 Å². The monoisotopic (exact) mass is 482 g/mol. The minimum atomic E-state index is -4.46. The van der Waals surface area contributed by atoms with Crippen LogP contribution >= 0.6 is 25.1 Å². The highest BCUT2D eigenvalue weighted by molar-refractivity contribution is 7.59. The first-order valence-corrected chi connectivity index (χ1v) is 9.73. The summed E-state index contributed by atoms with van der Waals surface area (Å²) in [6, 6.07) is 7.24. The van der Waals surface area contributed by atoms with E-state index in [4.69, 9.17) is 11.6 Å². The summed E-state index contributed by atoms with van der Waals surface area (Å²) in [4.78, 5) is 31.1. The molecule has 6 nitrogen and oxygen atoms in total. The molecule has 4 rings (SSSR count). The molecule has 0 spiro atoms. The van der Waals surface area contributed by atoms with Gasteiger partial charge < -0.3 is 4.90 Å². The Morgan fingerprint density at radius 2 is 1.84 bits per heavy atom. The van der Waals surface area contributed by atoms with Gasteiger partial charge in [-0.3, -0.25) is 14.3 Å². The molecule has 0 unspecified atom stereocenters. The summed E-state index contributed by atoms with van der Waals surface area (Å²) in [5.41, 5.74) is 0.584. The Morgan fingerprint density at radius 3 is 2.44 bits per heavy atom. The Kier molecular flexibility index (Phi) is 6.66. The number of carbonyl (C=O) groups is 2. The number of nitrogens with zero attached hydrogens (tertiary/aromatic N) is 4. The lowest BCUT2D eigenvalue weighted by Crippen LogP contribution is -2.43. The van der Waals surface area contributed by atoms with Crippen molar-refractivity contribution in [2.45, 2.75) is 25.6 Å². The summed E-state index contributed by atoms with van der Waals surface area (Å²) in [6.07, 6.45) is -1.70. The van der Waals surface area contributed by atoms with Crippen LogP contribution in [0.2, 0.25) is 5.15 Å². The van der Waals surface area contributed by atoms with Crippen LogP contribution in [0.1, 0.15) is 44.9 Å². The fraction of sp³-hybridized carbons (Fsp3) is 0.238. The summed E-state index contributed by atoms with van der Waals surface area (Å²) >= 11 is 5.75. The van der Waals surface area contributed by atoms with Gasteiger partial charge >= 0.3 is 6.18 Å². The van der Waals surface area contributed by atoms with Crippen molar-refractivity contribution in [1.29, 1.82) is 0 Å². The highest BCUT2D eigenvalue weighted by atomic mass is 35.5. The van der Waals surface area contributed by atoms with Crippen LogP contribution in [-0.2, 0) is 12.6 Å². The quantitative estimate of drug-likeness (QED) is 0.399. The zero-order chi connectivity index (χ0) is 22.3. The fourth-order valence-corrected chi connectivity index (χ4v) is 3.63. The molecule has 0 fully saturated rings. The fourth-order valence-electron chi connectivity index (χ4n) is 3.52. The van der Waals surface area contributed by atoms with Gasteiger partial charge in [-0.25, -0.2) is 4.98 Å². The third-order valence-corrected chi connectivity index (χ3v) is 5.31. The van der Waals surface area contributed by atoms with E-state index in [-0.39, 0.29) is 49.1 Å². The Balaban J connectivity index is 0.00000289. The van der Waals surface area contributed by atoms with E-state index in [9.17, 15) is 22.8 Å². The summed E-state index contributed by atoms with van der Waals surface area (Å²) in [7, 11) is 0. The number of alkyl halides is 3. The second kappa shape index (κ2) is 8.95. The highest BCUT2D eigenvalue weighted by Crippen LogP contribution is 2.33. The second-order valence-corrected chi connectivity index (χ2v) is 7.63. The molecule has 1 aromatic carbocycles. The molecule has 0 N–H and O–H groups in total. The number of aromatic nitrogens is 3. The molecule has 0 saturated heterocycles. The van der Waals surface area contributed by atoms with Crippen molar-refractivity contribution in [3.05, 3.63) is 76.3 Å². The second-order valence-electron chi connectivity index (χ2n) is 7.24. The molecule has 2 aromatic heterocycles. The molecular weight excluding hydrogens is 465 g/mol. The van der Waals surface area contributed by atoms with Crippen LogP contribution in [0.25, 0.3) is 0 Å². The lowest BCUT2D eigenvalue weighted by Gasteiger charge is -2.32. The number of fused-ring (bicyclic) bond motifs is 1. The maximum absolute atomic E-state index is 13.2. The van der Waals surface area contributed by atoms with Gasteiger partial charge in [-0.1, -0.05) is 11.6 Å². The predicted octanol–water partition coefficient (Wildman–Crippen LogP) is 4.71. The van der Waals surface area contributed by atoms with Crippen LogP contribution in [0.5, 0.6) is 0 Å². The van der Waals surface area contributed by atoms with Crippen LogP contribution in [0.15, 0.2) is 48.8 Å². The number of halogens is 4. The largest absolute Gasteiger partial charge is 0.416 e. The third-order valence-electron chi connectivity index (χ3n) is 5.09. The Hall–Kier alpha value is -2.85. The summed E-state index contributed by atoms with van der Waals surface area (Å²) < 4.78 is 40.1. The van der Waals surface area contributed by atoms with Gasteiger partial charge in [0.15, 0.2) is 5.78 Å². The first kappa shape index (κ1) is 23.8. The molecule has 0 aliphatic carbocycles. The number of hydrogen-bond donors (Lipinski definition) is 0. The molecule has 11 heteroatoms. The van der Waals surface area contributed by atoms with E-state index in [0.717, 1.165) is 12.1 Å². The molecule has 1 aliphatic heterocycles. The number of amides is 1. The van der Waals surface area contributed by atoms with Crippen molar-refractivity contribution < 1.29 is 22.8 Å². The molecule has 0 bridgehead atoms. The average Bonchev–Trinajstić information content (AvgIpc) is 3.15. The highest BCUT2D eigenvalue weighted by Gasteiger charge is 2.35. The van der Waals surface area contributed by atoms with Gasteiger partial charge in [-0.2, -0.15) is 31.8 Å². The van der Waals surface area contributed by atoms with Crippen molar-refractivity contribution in [3.8, 4) is 0 Å². The lowest BCUT2D eigenvalue weighted by molar-refractivity contribution is -0.137. The zero-order valence-corrected chi connectivity index (χ0v) is 18.5. The lowest BCUT2D eigenvalue weighted by atomic mass is 10.0. The minimum absolute atomic E-state index is 0. The normalized spacial score (nSPS) is 15.8. The molecule has 1 aliphatic rings. The Labute approximate surface area is 193 Å². The molecule has 1 atom stereocenters. The SMILES string of the molecule is C[C@H]1CN(c2ccc(C(F)(F)F)cc2)C(=O)c2c(CC(=O)c3ccc(Cl)nc3)cnn21.S. The van der Waals surface area contributed by atoms with Gasteiger partial charge in [0.25, 0.3) is 5.91 Å². The number of rotatable bonds is 4. The van der Waals surface area contributed by atoms with Gasteiger partial charge in [0.2, 0.25) is 0 Å². The van der Waals surface area contributed by atoms with Crippen LogP contribution in [0.3, 0.4) is 0 Å². The van der Waals surface area contributed by atoms with Crippen molar-refractivity contribution in [2.24, 2.45) is 0 Å². The molecule has 3 aromatic rings. The minimum Gasteiger partial charge on any atom is -0.305 e. The van der Waals surface area contributed by atoms with Gasteiger partial charge in [0.05, 0.1) is 17.8 Å². The van der Waals surface area contributed by atoms with Crippen molar-refractivity contribution in [2.75, 3.05) is 11.4 Å². The Morgan fingerprint density at radius 1 is 1.16 bits per heavy atom. The summed E-state index contributed by atoms with van der Waals surface area (Å²) in [6.45, 7) is 2.09. The first-order chi connectivity index (χ1) is 14.6. The van der Waals surface area contributed by atoms with E-state index in [1.54, 1.807) is 10.7 Å². The predicted molar refractivity (Wildman–Crippen MR) is 118 cm³/mol. The molecule has 168 valence electrons. The standard InChI is InChI=1S/C21H16ClF3N4O2.H2S/c1-12-11-28(16-5-3-15(4-6-16)21(23,24)25)20(31)19-14(10-27-29(12)19)8-17(30)13-2-7-18(22)26-9-13;/h2-7,9-10,12H,8,11H2,1H3;1H2/t12-;/m0./s1. The van der Waals surface area contributed by atoms with Crippen molar-refractivity contribution >= 4 is 42.5 Å². The number of carbonyl (C=O) groups excluding carboxylic acids is 2. The number of pyridine rings is 1. The first-order valence-electron chi connectivity index (χ1n) is 9.35. The molecule has 0 saturated carbocycles. The van der Waals surface area contributed by atoms with E-state index in [2.05, 4.69) is 10.1 Å². The number of ketones is 1. The topological polar surface area (TPSA) is 68.1 Å². The van der Waals surface area contributed by atoms with Crippen molar-refractivity contribution in [3.63, 3.8) is 0 Å². The smallest absolute Gasteiger partial charge is 0.305 e. The van der Waals surface area contributed by atoms with E-state index >= 15 is 0 Å². The summed E-state index contributed by atoms with van der Waals surface area (Å²) in [5, 5.41) is 4.51. The third kappa shape index (κ3) is 4.51. The maximum atomic E-state index is 13.2. The average molecular weight is 483 g/mol. The molecule has 3 heterocycles. The van der Waals surface area contributed by atoms with Crippen molar-refractivity contribution in [1.82, 2.24) is 14.8 Å². The van der Waals surface area contributed by atoms with Gasteiger partial charge in [-0.15, -0.1) is 0 Å². The maximum Gasteiger partial charge on any atom is 0.416 e. The van der Waals surface area contributed by atoms with E-state index in [1.165, 1.54) is 35.5 Å². The van der Waals surface area contributed by atoms with Gasteiger partial charge in [0.1, 0.15) is 10.8 Å². The zero-order valence-electron chi connectivity index (χ0n) is 16.7. The Bertz CT molecular complexity index is 1150. The molecule has 0 radical (unpaired) electrons. The molecule has 32 heavy (non-hydrogen) atoms. The van der Waals surface area contributed by atoms with Crippen LogP contribution in [0.4, 0.5) is 18.9 Å². The van der Waals surface area contributed by atoms with E-state index < -0.39 is 17.6 Å². The number of benzene rings is 1. The number of Topliss-reactive ketones (excluding diaryl/α,β-unsaturated/α-hetero) is 1. The van der Waals surface area contributed by atoms with Gasteiger partial charge in [-0.05, 0) is 43.3 Å². The molecule has 1 amide bonds. The van der Waals surface area contributed by atoms with E-state index in [1.807, 2.05) is 6.92 Å². The summed E-state index contributed by atoms with van der Waals surface area (Å²) in [5.74, 6) is -0.681. The van der Waals surface area contributed by atoms with Crippen LogP contribution in [0, 0.1) is 0 Å².